The van der Waals surface area contributed by atoms with Gasteiger partial charge in [0, 0.05) is 56.4 Å². The quantitative estimate of drug-likeness (QED) is 0.596. The molecule has 0 spiro atoms. The Hall–Kier alpha value is -2.90. The summed E-state index contributed by atoms with van der Waals surface area (Å²) in [7, 11) is 1.70. The van der Waals surface area contributed by atoms with E-state index in [1.807, 2.05) is 28.5 Å². The van der Waals surface area contributed by atoms with E-state index in [1.54, 1.807) is 18.4 Å². The molecule has 1 fully saturated rings. The van der Waals surface area contributed by atoms with Crippen LogP contribution >= 0.6 is 11.3 Å². The molecule has 0 bridgehead atoms. The maximum absolute atomic E-state index is 13.0. The zero-order chi connectivity index (χ0) is 21.9. The molecule has 3 heterocycles. The minimum atomic E-state index is 0.0462. The van der Waals surface area contributed by atoms with Crippen LogP contribution in [0.2, 0.25) is 0 Å². The molecule has 7 heteroatoms. The number of nitrogens with zero attached hydrogens (tertiary/aromatic N) is 4. The lowest BCUT2D eigenvalue weighted by Crippen LogP contribution is -2.46. The zero-order valence-electron chi connectivity index (χ0n) is 18.4. The third kappa shape index (κ3) is 4.49. The molecular formula is C25H28N4O2S. The van der Waals surface area contributed by atoms with Crippen LogP contribution in [0.1, 0.15) is 26.6 Å². The highest BCUT2D eigenvalue weighted by Gasteiger charge is 2.24. The topological polar surface area (TPSA) is 48.9 Å². The molecule has 0 unspecified atom stereocenters. The van der Waals surface area contributed by atoms with Gasteiger partial charge in [-0.1, -0.05) is 30.3 Å². The normalized spacial score (nSPS) is 16.7. The molecule has 0 N–H and O–H groups in total. The van der Waals surface area contributed by atoms with Crippen LogP contribution in [0.15, 0.2) is 53.9 Å². The van der Waals surface area contributed by atoms with Gasteiger partial charge in [0.2, 0.25) is 0 Å². The fraction of sp³-hybridized carbons (Fsp3) is 0.360. The van der Waals surface area contributed by atoms with E-state index in [2.05, 4.69) is 40.1 Å². The van der Waals surface area contributed by atoms with E-state index in [-0.39, 0.29) is 5.91 Å². The molecule has 1 amide bonds. The Bertz CT molecular complexity index is 1090. The Morgan fingerprint density at radius 3 is 2.66 bits per heavy atom. The van der Waals surface area contributed by atoms with Crippen LogP contribution in [-0.2, 0) is 19.5 Å². The Labute approximate surface area is 193 Å². The van der Waals surface area contributed by atoms with Gasteiger partial charge in [-0.3, -0.25) is 9.69 Å². The molecule has 3 aromatic rings. The molecule has 166 valence electrons. The molecule has 5 rings (SSSR count). The number of aromatic nitrogens is 1. The lowest BCUT2D eigenvalue weighted by molar-refractivity contribution is 0.0729. The molecule has 2 aliphatic heterocycles. The molecular weight excluding hydrogens is 420 g/mol. The van der Waals surface area contributed by atoms with Crippen molar-refractivity contribution in [2.75, 3.05) is 44.7 Å². The number of carbonyl (C=O) groups is 1. The van der Waals surface area contributed by atoms with Crippen LogP contribution in [0.5, 0.6) is 5.75 Å². The van der Waals surface area contributed by atoms with E-state index in [0.29, 0.717) is 12.2 Å². The standard InChI is InChI=1S/C25H28N4O2S/c1-31-22-8-4-7-21(15-22)28-13-11-27(12-14-28)17-24-26-23(18-32-24)25(30)29-10-9-19-5-2-3-6-20(19)16-29/h2-8,15,18H,9-14,16-17H2,1H3. The van der Waals surface area contributed by atoms with E-state index in [4.69, 9.17) is 9.72 Å². The summed E-state index contributed by atoms with van der Waals surface area (Å²) in [6, 6.07) is 16.6. The fourth-order valence-electron chi connectivity index (χ4n) is 4.48. The Morgan fingerprint density at radius 1 is 1.03 bits per heavy atom. The first-order valence-electron chi connectivity index (χ1n) is 11.1. The van der Waals surface area contributed by atoms with Crippen molar-refractivity contribution >= 4 is 22.9 Å². The van der Waals surface area contributed by atoms with E-state index in [1.165, 1.54) is 16.8 Å². The van der Waals surface area contributed by atoms with Crippen LogP contribution in [0.25, 0.3) is 0 Å². The van der Waals surface area contributed by atoms with E-state index < -0.39 is 0 Å². The van der Waals surface area contributed by atoms with Crippen LogP contribution in [0, 0.1) is 0 Å². The summed E-state index contributed by atoms with van der Waals surface area (Å²) in [4.78, 5) is 24.4. The number of thiazole rings is 1. The second-order valence-corrected chi connectivity index (χ2v) is 9.28. The van der Waals surface area contributed by atoms with Crippen molar-refractivity contribution in [2.24, 2.45) is 0 Å². The SMILES string of the molecule is COc1cccc(N2CCN(Cc3nc(C(=O)N4CCc5ccccc5C4)cs3)CC2)c1. The predicted molar refractivity (Wildman–Crippen MR) is 127 cm³/mol. The van der Waals surface area contributed by atoms with Gasteiger partial charge in [0.1, 0.15) is 16.5 Å². The lowest BCUT2D eigenvalue weighted by atomic mass is 10.00. The number of methoxy groups -OCH3 is 1. The molecule has 32 heavy (non-hydrogen) atoms. The summed E-state index contributed by atoms with van der Waals surface area (Å²) >= 11 is 1.59. The predicted octanol–water partition coefficient (Wildman–Crippen LogP) is 3.67. The molecule has 2 aromatic carbocycles. The van der Waals surface area contributed by atoms with Crippen molar-refractivity contribution in [1.82, 2.24) is 14.8 Å². The number of benzene rings is 2. The highest BCUT2D eigenvalue weighted by atomic mass is 32.1. The summed E-state index contributed by atoms with van der Waals surface area (Å²) in [6.07, 6.45) is 0.913. The maximum atomic E-state index is 13.0. The third-order valence-corrected chi connectivity index (χ3v) is 7.17. The minimum Gasteiger partial charge on any atom is -0.497 e. The first-order valence-corrected chi connectivity index (χ1v) is 12.0. The molecule has 0 aliphatic carbocycles. The van der Waals surface area contributed by atoms with Crippen molar-refractivity contribution < 1.29 is 9.53 Å². The molecule has 2 aliphatic rings. The second-order valence-electron chi connectivity index (χ2n) is 8.34. The van der Waals surface area contributed by atoms with Crippen molar-refractivity contribution in [1.29, 1.82) is 0 Å². The van der Waals surface area contributed by atoms with E-state index >= 15 is 0 Å². The second kappa shape index (κ2) is 9.30. The largest absolute Gasteiger partial charge is 0.497 e. The summed E-state index contributed by atoms with van der Waals surface area (Å²) in [5.74, 6) is 0.937. The molecule has 1 aromatic heterocycles. The molecule has 1 saturated heterocycles. The van der Waals surface area contributed by atoms with Crippen molar-refractivity contribution in [3.05, 3.63) is 75.7 Å². The molecule has 0 atom stereocenters. The fourth-order valence-corrected chi connectivity index (χ4v) is 5.28. The summed E-state index contributed by atoms with van der Waals surface area (Å²) < 4.78 is 5.35. The van der Waals surface area contributed by atoms with Crippen LogP contribution in [0.3, 0.4) is 0 Å². The minimum absolute atomic E-state index is 0.0462. The first-order chi connectivity index (χ1) is 15.7. The van der Waals surface area contributed by atoms with Gasteiger partial charge >= 0.3 is 0 Å². The summed E-state index contributed by atoms with van der Waals surface area (Å²) in [5, 5.41) is 2.94. The average molecular weight is 449 g/mol. The van der Waals surface area contributed by atoms with Crippen LogP contribution < -0.4 is 9.64 Å². The number of ether oxygens (including phenoxy) is 1. The van der Waals surface area contributed by atoms with E-state index in [0.717, 1.165) is 56.4 Å². The van der Waals surface area contributed by atoms with Gasteiger partial charge in [-0.25, -0.2) is 4.98 Å². The van der Waals surface area contributed by atoms with Gasteiger partial charge in [-0.15, -0.1) is 11.3 Å². The smallest absolute Gasteiger partial charge is 0.273 e. The number of piperazine rings is 1. The number of fused-ring (bicyclic) bond motifs is 1. The van der Waals surface area contributed by atoms with Gasteiger partial charge in [-0.2, -0.15) is 0 Å². The summed E-state index contributed by atoms with van der Waals surface area (Å²) in [6.45, 7) is 6.12. The number of carbonyl (C=O) groups excluding carboxylic acids is 1. The van der Waals surface area contributed by atoms with Crippen LogP contribution in [-0.4, -0.2) is 60.5 Å². The van der Waals surface area contributed by atoms with Crippen LogP contribution in [0.4, 0.5) is 5.69 Å². The number of rotatable bonds is 5. The lowest BCUT2D eigenvalue weighted by Gasteiger charge is -2.35. The Kier molecular flexibility index (Phi) is 6.10. The van der Waals surface area contributed by atoms with Gasteiger partial charge < -0.3 is 14.5 Å². The maximum Gasteiger partial charge on any atom is 0.273 e. The van der Waals surface area contributed by atoms with Crippen molar-refractivity contribution in [3.8, 4) is 5.75 Å². The first kappa shape index (κ1) is 21.0. The van der Waals surface area contributed by atoms with Crippen molar-refractivity contribution in [3.63, 3.8) is 0 Å². The van der Waals surface area contributed by atoms with Gasteiger partial charge in [0.15, 0.2) is 0 Å². The number of anilines is 1. The number of hydrogen-bond acceptors (Lipinski definition) is 6. The van der Waals surface area contributed by atoms with Gasteiger partial charge in [0.25, 0.3) is 5.91 Å². The summed E-state index contributed by atoms with van der Waals surface area (Å²) in [5.41, 5.74) is 4.38. The Morgan fingerprint density at radius 2 is 1.84 bits per heavy atom. The van der Waals surface area contributed by atoms with Crippen molar-refractivity contribution in [2.45, 2.75) is 19.5 Å². The molecule has 6 nitrogen and oxygen atoms in total. The third-order valence-electron chi connectivity index (χ3n) is 6.34. The zero-order valence-corrected chi connectivity index (χ0v) is 19.2. The highest BCUT2D eigenvalue weighted by Crippen LogP contribution is 2.24. The Balaban J connectivity index is 1.16. The highest BCUT2D eigenvalue weighted by molar-refractivity contribution is 7.09. The number of hydrogen-bond donors (Lipinski definition) is 0. The molecule has 0 saturated carbocycles. The van der Waals surface area contributed by atoms with Gasteiger partial charge in [-0.05, 0) is 29.7 Å². The molecule has 0 radical (unpaired) electrons. The van der Waals surface area contributed by atoms with E-state index in [9.17, 15) is 4.79 Å². The number of amides is 1. The van der Waals surface area contributed by atoms with Gasteiger partial charge in [0.05, 0.1) is 13.7 Å². The monoisotopic (exact) mass is 448 g/mol. The average Bonchev–Trinajstić information content (AvgIpc) is 3.32.